The van der Waals surface area contributed by atoms with E-state index in [4.69, 9.17) is 4.42 Å². The number of H-pyrrole nitrogens is 1. The molecule has 5 aromatic rings. The number of nitrogens with one attached hydrogen (secondary N) is 2. The molecule has 0 bridgehead atoms. The number of fused-ring (bicyclic) bond motifs is 1. The molecule has 7 nitrogen and oxygen atoms in total. The van der Waals surface area contributed by atoms with Crippen molar-refractivity contribution in [2.24, 2.45) is 0 Å². The number of carbonyl (C=O) groups excluding carboxylic acids is 1. The van der Waals surface area contributed by atoms with E-state index in [0.29, 0.717) is 31.9 Å². The molecular formula is C29H28FN5O2. The molecule has 3 heterocycles. The molecule has 188 valence electrons. The molecule has 0 aliphatic carbocycles. The second-order valence-corrected chi connectivity index (χ2v) is 8.90. The van der Waals surface area contributed by atoms with Crippen molar-refractivity contribution in [3.05, 3.63) is 120 Å². The molecule has 0 aliphatic rings. The van der Waals surface area contributed by atoms with Crippen LogP contribution in [-0.2, 0) is 25.9 Å². The number of hydrogen-bond donors (Lipinski definition) is 2. The summed E-state index contributed by atoms with van der Waals surface area (Å²) in [6.45, 7) is 2.20. The van der Waals surface area contributed by atoms with Crippen molar-refractivity contribution in [2.75, 3.05) is 13.1 Å². The molecule has 0 fully saturated rings. The average molecular weight is 498 g/mol. The van der Waals surface area contributed by atoms with Gasteiger partial charge < -0.3 is 14.7 Å². The maximum Gasteiger partial charge on any atom is 0.273 e. The Morgan fingerprint density at radius 2 is 1.84 bits per heavy atom. The van der Waals surface area contributed by atoms with Gasteiger partial charge in [-0.1, -0.05) is 36.4 Å². The fourth-order valence-corrected chi connectivity index (χ4v) is 4.30. The predicted octanol–water partition coefficient (Wildman–Crippen LogP) is 4.91. The minimum atomic E-state index is -0.283. The van der Waals surface area contributed by atoms with Gasteiger partial charge in [0.25, 0.3) is 5.91 Å². The smallest absolute Gasteiger partial charge is 0.273 e. The molecule has 0 saturated carbocycles. The summed E-state index contributed by atoms with van der Waals surface area (Å²) in [5.41, 5.74) is 4.47. The molecule has 3 aromatic heterocycles. The highest BCUT2D eigenvalue weighted by Gasteiger charge is 2.16. The molecule has 0 atom stereocenters. The number of carbonyl (C=O) groups is 1. The third kappa shape index (κ3) is 6.48. The number of halogens is 1. The van der Waals surface area contributed by atoms with Gasteiger partial charge in [0.2, 0.25) is 5.89 Å². The lowest BCUT2D eigenvalue weighted by Gasteiger charge is -2.21. The third-order valence-electron chi connectivity index (χ3n) is 6.23. The number of amides is 1. The topological polar surface area (TPSA) is 87.0 Å². The number of para-hydroxylation sites is 1. The summed E-state index contributed by atoms with van der Waals surface area (Å²) < 4.78 is 19.1. The van der Waals surface area contributed by atoms with Gasteiger partial charge in [-0.2, -0.15) is 0 Å². The summed E-state index contributed by atoms with van der Waals surface area (Å²) in [5.74, 6) is -0.0915. The van der Waals surface area contributed by atoms with Gasteiger partial charge in [0, 0.05) is 55.0 Å². The fraction of sp³-hybridized carbons (Fsp3) is 0.207. The number of hydrogen-bond acceptors (Lipinski definition) is 5. The monoisotopic (exact) mass is 497 g/mol. The summed E-state index contributed by atoms with van der Waals surface area (Å²) >= 11 is 0. The first kappa shape index (κ1) is 24.4. The lowest BCUT2D eigenvalue weighted by molar-refractivity contribution is 0.0949. The van der Waals surface area contributed by atoms with Crippen LogP contribution in [0.2, 0.25) is 0 Å². The molecular weight excluding hydrogens is 469 g/mol. The maximum absolute atomic E-state index is 13.4. The van der Waals surface area contributed by atoms with Crippen molar-refractivity contribution in [2.45, 2.75) is 25.9 Å². The van der Waals surface area contributed by atoms with E-state index in [0.717, 1.165) is 29.7 Å². The number of pyridine rings is 1. The number of aromatic amines is 1. The highest BCUT2D eigenvalue weighted by molar-refractivity contribution is 5.91. The summed E-state index contributed by atoms with van der Waals surface area (Å²) in [7, 11) is 0. The van der Waals surface area contributed by atoms with Gasteiger partial charge in [0.05, 0.1) is 6.54 Å². The lowest BCUT2D eigenvalue weighted by atomic mass is 10.1. The van der Waals surface area contributed by atoms with Gasteiger partial charge in [0.15, 0.2) is 5.69 Å². The molecule has 8 heteroatoms. The van der Waals surface area contributed by atoms with Crippen LogP contribution in [0.4, 0.5) is 4.39 Å². The number of nitrogens with zero attached hydrogens (tertiary/aromatic N) is 3. The standard InChI is InChI=1S/C29H28FN5O2/c30-23-10-8-21(9-11-23)18-35(16-13-22-17-33-26-7-2-1-6-25(22)26)19-28-34-27(20-37-28)29(36)32-15-12-24-5-3-4-14-31-24/h1-11,14,17,20,33H,12-13,15-16,18-19H2,(H,32,36). The summed E-state index contributed by atoms with van der Waals surface area (Å²) in [5, 5.41) is 4.06. The second kappa shape index (κ2) is 11.6. The van der Waals surface area contributed by atoms with Crippen molar-refractivity contribution in [1.82, 2.24) is 25.2 Å². The Labute approximate surface area is 214 Å². The predicted molar refractivity (Wildman–Crippen MR) is 139 cm³/mol. The van der Waals surface area contributed by atoms with Crippen LogP contribution in [0.25, 0.3) is 10.9 Å². The molecule has 2 aromatic carbocycles. The maximum atomic E-state index is 13.4. The molecule has 5 rings (SSSR count). The van der Waals surface area contributed by atoms with Gasteiger partial charge >= 0.3 is 0 Å². The Kier molecular flexibility index (Phi) is 7.66. The van der Waals surface area contributed by atoms with Crippen molar-refractivity contribution >= 4 is 16.8 Å². The zero-order valence-corrected chi connectivity index (χ0v) is 20.4. The van der Waals surface area contributed by atoms with E-state index >= 15 is 0 Å². The summed E-state index contributed by atoms with van der Waals surface area (Å²) in [6, 6.07) is 20.4. The van der Waals surface area contributed by atoms with Crippen molar-refractivity contribution in [3.63, 3.8) is 0 Å². The lowest BCUT2D eigenvalue weighted by Crippen LogP contribution is -2.27. The highest BCUT2D eigenvalue weighted by atomic mass is 19.1. The largest absolute Gasteiger partial charge is 0.447 e. The summed E-state index contributed by atoms with van der Waals surface area (Å²) in [6.07, 6.45) is 6.61. The SMILES string of the molecule is O=C(NCCc1ccccn1)c1coc(CN(CCc2c[nH]c3ccccc23)Cc2ccc(F)cc2)n1. The van der Waals surface area contributed by atoms with Crippen LogP contribution in [0.3, 0.4) is 0 Å². The Morgan fingerprint density at radius 1 is 1.00 bits per heavy atom. The Hall–Kier alpha value is -4.30. The third-order valence-corrected chi connectivity index (χ3v) is 6.23. The van der Waals surface area contributed by atoms with Gasteiger partial charge in [-0.15, -0.1) is 0 Å². The molecule has 2 N–H and O–H groups in total. The zero-order valence-electron chi connectivity index (χ0n) is 20.4. The van der Waals surface area contributed by atoms with Crippen LogP contribution in [-0.4, -0.2) is 38.8 Å². The molecule has 0 aliphatic heterocycles. The van der Waals surface area contributed by atoms with Crippen molar-refractivity contribution in [3.8, 4) is 0 Å². The number of benzene rings is 2. The normalized spacial score (nSPS) is 11.3. The van der Waals surface area contributed by atoms with Gasteiger partial charge in [-0.25, -0.2) is 9.37 Å². The van der Waals surface area contributed by atoms with E-state index in [1.54, 1.807) is 18.3 Å². The van der Waals surface area contributed by atoms with Crippen LogP contribution in [0.1, 0.15) is 33.2 Å². The van der Waals surface area contributed by atoms with Crippen molar-refractivity contribution in [1.29, 1.82) is 0 Å². The van der Waals surface area contributed by atoms with Crippen molar-refractivity contribution < 1.29 is 13.6 Å². The Balaban J connectivity index is 1.23. The van der Waals surface area contributed by atoms with E-state index in [-0.39, 0.29) is 17.4 Å². The quantitative estimate of drug-likeness (QED) is 0.271. The first-order valence-corrected chi connectivity index (χ1v) is 12.3. The van der Waals surface area contributed by atoms with Crippen LogP contribution < -0.4 is 5.32 Å². The molecule has 0 unspecified atom stereocenters. The van der Waals surface area contributed by atoms with Gasteiger partial charge in [0.1, 0.15) is 12.1 Å². The highest BCUT2D eigenvalue weighted by Crippen LogP contribution is 2.19. The Bertz CT molecular complexity index is 1450. The van der Waals surface area contributed by atoms with E-state index < -0.39 is 0 Å². The average Bonchev–Trinajstić information content (AvgIpc) is 3.56. The molecule has 0 saturated heterocycles. The van der Waals surface area contributed by atoms with E-state index in [2.05, 4.69) is 37.3 Å². The molecule has 0 radical (unpaired) electrons. The van der Waals surface area contributed by atoms with E-state index in [1.165, 1.54) is 29.3 Å². The van der Waals surface area contributed by atoms with E-state index in [1.807, 2.05) is 36.5 Å². The number of oxazole rings is 1. The summed E-state index contributed by atoms with van der Waals surface area (Å²) in [4.78, 5) is 26.7. The first-order valence-electron chi connectivity index (χ1n) is 12.3. The van der Waals surface area contributed by atoms with Gasteiger partial charge in [-0.3, -0.25) is 14.7 Å². The Morgan fingerprint density at radius 3 is 2.68 bits per heavy atom. The van der Waals surface area contributed by atoms with Gasteiger partial charge in [-0.05, 0) is 47.9 Å². The fourth-order valence-electron chi connectivity index (χ4n) is 4.30. The molecule has 0 spiro atoms. The zero-order chi connectivity index (χ0) is 25.5. The first-order chi connectivity index (χ1) is 18.1. The van der Waals surface area contributed by atoms with E-state index in [9.17, 15) is 9.18 Å². The molecule has 1 amide bonds. The number of rotatable bonds is 11. The minimum Gasteiger partial charge on any atom is -0.447 e. The second-order valence-electron chi connectivity index (χ2n) is 8.90. The minimum absolute atomic E-state index is 0.245. The van der Waals surface area contributed by atoms with Crippen LogP contribution >= 0.6 is 0 Å². The molecule has 37 heavy (non-hydrogen) atoms. The van der Waals surface area contributed by atoms with Crippen LogP contribution in [0.5, 0.6) is 0 Å². The van der Waals surface area contributed by atoms with Crippen LogP contribution in [0, 0.1) is 5.82 Å². The number of aromatic nitrogens is 3. The van der Waals surface area contributed by atoms with Crippen LogP contribution in [0.15, 0.2) is 89.8 Å².